The van der Waals surface area contributed by atoms with Crippen LogP contribution in [0.2, 0.25) is 0 Å². The Morgan fingerprint density at radius 1 is 1.00 bits per heavy atom. The van der Waals surface area contributed by atoms with Gasteiger partial charge in [-0.25, -0.2) is 0 Å². The number of benzene rings is 2. The molecular weight excluding hydrogens is 448 g/mol. The molecule has 1 saturated carbocycles. The van der Waals surface area contributed by atoms with Crippen molar-refractivity contribution >= 4 is 11.4 Å². The molecule has 3 rings (SSSR count). The van der Waals surface area contributed by atoms with Crippen LogP contribution in [0.5, 0.6) is 0 Å². The fourth-order valence-corrected chi connectivity index (χ4v) is 4.09. The fraction of sp³-hybridized carbons (Fsp3) is 0.375. The third-order valence-corrected chi connectivity index (χ3v) is 5.46. The molecule has 1 aliphatic rings. The lowest BCUT2D eigenvalue weighted by Crippen LogP contribution is -2.21. The summed E-state index contributed by atoms with van der Waals surface area (Å²) in [5.74, 6) is -1.01. The van der Waals surface area contributed by atoms with Crippen molar-refractivity contribution in [1.29, 1.82) is 0 Å². The Labute approximate surface area is 187 Å². The second-order valence-corrected chi connectivity index (χ2v) is 8.20. The first-order valence-corrected chi connectivity index (χ1v) is 10.3. The first-order valence-electron chi connectivity index (χ1n) is 10.3. The minimum atomic E-state index is -4.71. The van der Waals surface area contributed by atoms with E-state index in [-0.39, 0.29) is 24.3 Å². The van der Waals surface area contributed by atoms with Gasteiger partial charge in [-0.3, -0.25) is 9.53 Å². The van der Waals surface area contributed by atoms with Crippen LogP contribution in [0.4, 0.5) is 26.3 Å². The number of carbonyl (C=O) groups is 1. The molecule has 0 spiro atoms. The first-order chi connectivity index (χ1) is 15.3. The third kappa shape index (κ3) is 6.37. The first kappa shape index (κ1) is 24.8. The van der Waals surface area contributed by atoms with Crippen LogP contribution in [0.25, 0.3) is 5.57 Å². The summed E-state index contributed by atoms with van der Waals surface area (Å²) in [5.41, 5.74) is -0.341. The van der Waals surface area contributed by atoms with Gasteiger partial charge in [0.1, 0.15) is 0 Å². The SMILES string of the molecule is CN(C)/C=C(/C(=O)c1ccccc1C(F)(F)F)c1cccc([C@H]2CCC(OC(F)(F)F)C2)c1. The van der Waals surface area contributed by atoms with Crippen LogP contribution in [0.3, 0.4) is 0 Å². The van der Waals surface area contributed by atoms with Gasteiger partial charge < -0.3 is 4.90 Å². The van der Waals surface area contributed by atoms with E-state index < -0.39 is 35.6 Å². The average molecular weight is 471 g/mol. The maximum Gasteiger partial charge on any atom is 0.522 e. The van der Waals surface area contributed by atoms with Gasteiger partial charge in [-0.15, -0.1) is 13.2 Å². The Balaban J connectivity index is 1.94. The van der Waals surface area contributed by atoms with Gasteiger partial charge in [0.2, 0.25) is 0 Å². The van der Waals surface area contributed by atoms with Gasteiger partial charge in [0.05, 0.1) is 11.7 Å². The van der Waals surface area contributed by atoms with E-state index >= 15 is 0 Å². The van der Waals surface area contributed by atoms with E-state index in [9.17, 15) is 31.1 Å². The number of allylic oxidation sites excluding steroid dienone is 1. The van der Waals surface area contributed by atoms with E-state index in [0.717, 1.165) is 12.1 Å². The molecule has 2 aromatic rings. The molecule has 1 unspecified atom stereocenters. The minimum absolute atomic E-state index is 0.0552. The van der Waals surface area contributed by atoms with Crippen molar-refractivity contribution in [3.63, 3.8) is 0 Å². The molecule has 0 heterocycles. The van der Waals surface area contributed by atoms with Crippen LogP contribution in [-0.4, -0.2) is 37.2 Å². The number of rotatable bonds is 6. The molecule has 0 aromatic heterocycles. The van der Waals surface area contributed by atoms with Crippen molar-refractivity contribution in [2.75, 3.05) is 14.1 Å². The van der Waals surface area contributed by atoms with Gasteiger partial charge in [0, 0.05) is 31.4 Å². The summed E-state index contributed by atoms with van der Waals surface area (Å²) in [6.45, 7) is 0. The smallest absolute Gasteiger partial charge is 0.383 e. The summed E-state index contributed by atoms with van der Waals surface area (Å²) in [6, 6.07) is 11.2. The molecule has 33 heavy (non-hydrogen) atoms. The Bertz CT molecular complexity index is 1030. The van der Waals surface area contributed by atoms with Crippen LogP contribution in [0.1, 0.15) is 52.2 Å². The van der Waals surface area contributed by atoms with Crippen LogP contribution in [-0.2, 0) is 10.9 Å². The largest absolute Gasteiger partial charge is 0.522 e. The summed E-state index contributed by atoms with van der Waals surface area (Å²) in [7, 11) is 3.28. The molecule has 0 bridgehead atoms. The summed E-state index contributed by atoms with van der Waals surface area (Å²) >= 11 is 0. The second kappa shape index (κ2) is 9.59. The maximum absolute atomic E-state index is 13.5. The molecular formula is C24H23F6NO2. The van der Waals surface area contributed by atoms with Crippen molar-refractivity contribution in [1.82, 2.24) is 4.90 Å². The van der Waals surface area contributed by atoms with Crippen molar-refractivity contribution in [2.45, 2.75) is 43.8 Å². The predicted molar refractivity (Wildman–Crippen MR) is 111 cm³/mol. The number of ketones is 1. The molecule has 0 amide bonds. The molecule has 2 aromatic carbocycles. The molecule has 3 nitrogen and oxygen atoms in total. The van der Waals surface area contributed by atoms with Crippen molar-refractivity contribution in [3.05, 3.63) is 77.0 Å². The topological polar surface area (TPSA) is 29.5 Å². The van der Waals surface area contributed by atoms with E-state index in [0.29, 0.717) is 17.5 Å². The number of halogens is 6. The van der Waals surface area contributed by atoms with Gasteiger partial charge >= 0.3 is 12.5 Å². The third-order valence-electron chi connectivity index (χ3n) is 5.46. The molecule has 1 aliphatic carbocycles. The number of ether oxygens (including phenoxy) is 1. The van der Waals surface area contributed by atoms with E-state index in [1.54, 1.807) is 43.3 Å². The lowest BCUT2D eigenvalue weighted by atomic mass is 9.90. The molecule has 2 atom stereocenters. The normalized spacial score (nSPS) is 19.6. The van der Waals surface area contributed by atoms with Gasteiger partial charge in [0.25, 0.3) is 0 Å². The monoisotopic (exact) mass is 471 g/mol. The number of hydrogen-bond acceptors (Lipinski definition) is 3. The van der Waals surface area contributed by atoms with E-state index in [4.69, 9.17) is 0 Å². The molecule has 1 fully saturated rings. The molecule has 0 radical (unpaired) electrons. The molecule has 9 heteroatoms. The Kier molecular flexibility index (Phi) is 7.21. The van der Waals surface area contributed by atoms with E-state index in [2.05, 4.69) is 4.74 Å². The average Bonchev–Trinajstić information content (AvgIpc) is 3.17. The van der Waals surface area contributed by atoms with Crippen LogP contribution >= 0.6 is 0 Å². The molecule has 0 saturated heterocycles. The highest BCUT2D eigenvalue weighted by atomic mass is 19.4. The zero-order valence-corrected chi connectivity index (χ0v) is 18.0. The minimum Gasteiger partial charge on any atom is -0.383 e. The van der Waals surface area contributed by atoms with E-state index in [1.807, 2.05) is 0 Å². The number of Topliss-reactive ketones (excluding diaryl/α,β-unsaturated/α-hetero) is 1. The molecule has 0 N–H and O–H groups in total. The number of carbonyl (C=O) groups excluding carboxylic acids is 1. The predicted octanol–water partition coefficient (Wildman–Crippen LogP) is 6.66. The summed E-state index contributed by atoms with van der Waals surface area (Å²) in [4.78, 5) is 14.8. The molecule has 178 valence electrons. The Hall–Kier alpha value is -2.81. The van der Waals surface area contributed by atoms with Crippen molar-refractivity contribution in [2.24, 2.45) is 0 Å². The molecule has 0 aliphatic heterocycles. The summed E-state index contributed by atoms with van der Waals surface area (Å²) < 4.78 is 82.2. The lowest BCUT2D eigenvalue weighted by Gasteiger charge is -2.18. The van der Waals surface area contributed by atoms with Gasteiger partial charge in [-0.05, 0) is 42.4 Å². The number of alkyl halides is 6. The zero-order valence-electron chi connectivity index (χ0n) is 18.0. The van der Waals surface area contributed by atoms with Gasteiger partial charge in [0.15, 0.2) is 5.78 Å². The van der Waals surface area contributed by atoms with Gasteiger partial charge in [-0.1, -0.05) is 42.5 Å². The van der Waals surface area contributed by atoms with Crippen molar-refractivity contribution in [3.8, 4) is 0 Å². The Morgan fingerprint density at radius 3 is 2.33 bits per heavy atom. The van der Waals surface area contributed by atoms with Gasteiger partial charge in [-0.2, -0.15) is 13.2 Å². The fourth-order valence-electron chi connectivity index (χ4n) is 4.09. The van der Waals surface area contributed by atoms with Crippen LogP contribution < -0.4 is 0 Å². The number of hydrogen-bond donors (Lipinski definition) is 0. The Morgan fingerprint density at radius 2 is 1.70 bits per heavy atom. The standard InChI is InChI=1S/C24H23F6NO2/c1-31(2)14-20(22(32)19-8-3-4-9-21(19)23(25,26)27)17-7-5-6-15(12-17)16-10-11-18(13-16)33-24(28,29)30/h3-9,12,14,16,18H,10-11,13H2,1-2H3/b20-14+/t16-,18?/m0/s1. The highest BCUT2D eigenvalue weighted by Gasteiger charge is 2.38. The number of nitrogens with zero attached hydrogens (tertiary/aromatic N) is 1. The zero-order chi connectivity index (χ0) is 24.4. The van der Waals surface area contributed by atoms with Crippen LogP contribution in [0, 0.1) is 0 Å². The maximum atomic E-state index is 13.5. The van der Waals surface area contributed by atoms with E-state index in [1.165, 1.54) is 18.3 Å². The second-order valence-electron chi connectivity index (χ2n) is 8.20. The quantitative estimate of drug-likeness (QED) is 0.268. The summed E-state index contributed by atoms with van der Waals surface area (Å²) in [6.07, 6.45) is -8.03. The van der Waals surface area contributed by atoms with Crippen molar-refractivity contribution < 1.29 is 35.9 Å². The van der Waals surface area contributed by atoms with Crippen LogP contribution in [0.15, 0.2) is 54.7 Å². The highest BCUT2D eigenvalue weighted by Crippen LogP contribution is 2.40. The highest BCUT2D eigenvalue weighted by molar-refractivity contribution is 6.29. The lowest BCUT2D eigenvalue weighted by molar-refractivity contribution is -0.341. The summed E-state index contributed by atoms with van der Waals surface area (Å²) in [5, 5.41) is 0.